The van der Waals surface area contributed by atoms with E-state index in [1.165, 1.54) is 10.6 Å². The average molecular weight is 433 g/mol. The molecule has 0 saturated carbocycles. The van der Waals surface area contributed by atoms with E-state index in [2.05, 4.69) is 0 Å². The Morgan fingerprint density at radius 3 is 2.10 bits per heavy atom. The van der Waals surface area contributed by atoms with Gasteiger partial charge in [-0.15, -0.1) is 0 Å². The third-order valence-corrected chi connectivity index (χ3v) is 4.43. The van der Waals surface area contributed by atoms with Crippen LogP contribution < -0.4 is 10.9 Å². The number of rotatable bonds is 5. The largest absolute Gasteiger partial charge is 0.477 e. The molecule has 3 aromatic rings. The molecule has 0 atom stereocenters. The summed E-state index contributed by atoms with van der Waals surface area (Å²) < 4.78 is 6.94. The summed E-state index contributed by atoms with van der Waals surface area (Å²) in [5.74, 6) is -3.15. The van der Waals surface area contributed by atoms with Crippen LogP contribution in [0, 0.1) is 15.3 Å². The molecule has 12 heteroatoms. The van der Waals surface area contributed by atoms with Gasteiger partial charge < -0.3 is 34.5 Å². The highest BCUT2D eigenvalue weighted by atomic mass is 16.9. The van der Waals surface area contributed by atoms with Crippen molar-refractivity contribution >= 4 is 33.8 Å². The van der Waals surface area contributed by atoms with Crippen molar-refractivity contribution in [3.05, 3.63) is 71.0 Å². The first-order valence-corrected chi connectivity index (χ1v) is 8.98. The molecule has 2 heterocycles. The zero-order valence-electron chi connectivity index (χ0n) is 16.4. The molecule has 0 aliphatic carbocycles. The summed E-state index contributed by atoms with van der Waals surface area (Å²) >= 11 is 0. The number of nitrogens with zero attached hydrogens (tertiary/aromatic N) is 2. The van der Waals surface area contributed by atoms with Gasteiger partial charge in [0, 0.05) is 29.6 Å². The first kappa shape index (κ1) is 23.1. The molecule has 0 fully saturated rings. The number of aryl methyl sites for hydroxylation is 2. The van der Waals surface area contributed by atoms with Gasteiger partial charge in [-0.05, 0) is 19.4 Å². The monoisotopic (exact) mass is 433 g/mol. The van der Waals surface area contributed by atoms with Gasteiger partial charge in [0.05, 0.1) is 16.0 Å². The molecule has 164 valence electrons. The summed E-state index contributed by atoms with van der Waals surface area (Å²) in [5.41, 5.74) is -0.401. The molecule has 0 spiro atoms. The van der Waals surface area contributed by atoms with Gasteiger partial charge >= 0.3 is 11.9 Å². The van der Waals surface area contributed by atoms with Crippen molar-refractivity contribution < 1.29 is 29.3 Å². The lowest BCUT2D eigenvalue weighted by Gasteiger charge is -2.17. The third kappa shape index (κ3) is 4.52. The maximum Gasteiger partial charge on any atom is 0.371 e. The van der Waals surface area contributed by atoms with Crippen molar-refractivity contribution in [2.24, 2.45) is 0 Å². The summed E-state index contributed by atoms with van der Waals surface area (Å²) in [5, 5.41) is 33.7. The fourth-order valence-corrected chi connectivity index (χ4v) is 3.34. The quantitative estimate of drug-likeness (QED) is 0.342. The van der Waals surface area contributed by atoms with Gasteiger partial charge in [0.25, 0.3) is 0 Å². The van der Waals surface area contributed by atoms with Gasteiger partial charge in [-0.2, -0.15) is 0 Å². The van der Waals surface area contributed by atoms with Crippen LogP contribution >= 0.6 is 0 Å². The van der Waals surface area contributed by atoms with E-state index in [1.807, 2.05) is 6.92 Å². The molecule has 0 unspecified atom stereocenters. The van der Waals surface area contributed by atoms with Crippen LogP contribution in [0.5, 0.6) is 0 Å². The Bertz CT molecular complexity index is 1320. The standard InChI is InChI=1S/C19H17NO7.NO3/c1-3-5-9-16-10(13(21)7-12(18(23)24)20(16)4-2)6-11-14(22)8-15(19(25)26)27-17(9)11;2-1(3)4/h6-8H,3-5H2,1-2H3,(H,23,24)(H,25,26);/q;-1. The van der Waals surface area contributed by atoms with Crippen molar-refractivity contribution in [1.29, 1.82) is 0 Å². The maximum atomic E-state index is 12.6. The topological polar surface area (TPSA) is 193 Å². The van der Waals surface area contributed by atoms with Crippen molar-refractivity contribution in [2.75, 3.05) is 0 Å². The predicted octanol–water partition coefficient (Wildman–Crippen LogP) is 2.24. The van der Waals surface area contributed by atoms with Crippen molar-refractivity contribution in [2.45, 2.75) is 33.2 Å². The molecule has 0 aliphatic rings. The van der Waals surface area contributed by atoms with E-state index in [1.54, 1.807) is 6.92 Å². The minimum Gasteiger partial charge on any atom is -0.477 e. The maximum absolute atomic E-state index is 12.6. The summed E-state index contributed by atoms with van der Waals surface area (Å²) in [7, 11) is 0. The van der Waals surface area contributed by atoms with Crippen molar-refractivity contribution in [1.82, 2.24) is 4.57 Å². The van der Waals surface area contributed by atoms with Crippen LogP contribution in [0.3, 0.4) is 0 Å². The molecule has 2 N–H and O–H groups in total. The first-order valence-electron chi connectivity index (χ1n) is 8.98. The van der Waals surface area contributed by atoms with E-state index in [9.17, 15) is 29.4 Å². The van der Waals surface area contributed by atoms with Crippen LogP contribution in [0.15, 0.2) is 32.2 Å². The van der Waals surface area contributed by atoms with Crippen LogP contribution in [0.1, 0.15) is 46.9 Å². The van der Waals surface area contributed by atoms with Crippen molar-refractivity contribution in [3.63, 3.8) is 0 Å². The lowest BCUT2D eigenvalue weighted by atomic mass is 10.00. The average Bonchev–Trinajstić information content (AvgIpc) is 2.67. The van der Waals surface area contributed by atoms with Gasteiger partial charge in [-0.1, -0.05) is 13.3 Å². The summed E-state index contributed by atoms with van der Waals surface area (Å²) in [6.07, 6.45) is 0.993. The first-order chi connectivity index (χ1) is 14.5. The normalized spacial score (nSPS) is 10.5. The Hall–Kier alpha value is -4.22. The van der Waals surface area contributed by atoms with E-state index in [4.69, 9.17) is 19.7 Å². The lowest BCUT2D eigenvalue weighted by molar-refractivity contribution is -0.402. The number of benzene rings is 1. The van der Waals surface area contributed by atoms with Gasteiger partial charge in [-0.3, -0.25) is 9.59 Å². The van der Waals surface area contributed by atoms with Crippen LogP contribution in [0.2, 0.25) is 0 Å². The van der Waals surface area contributed by atoms with Crippen molar-refractivity contribution in [3.8, 4) is 0 Å². The molecule has 0 radical (unpaired) electrons. The van der Waals surface area contributed by atoms with Crippen LogP contribution in [0.25, 0.3) is 21.9 Å². The van der Waals surface area contributed by atoms with Crippen LogP contribution in [-0.4, -0.2) is 31.8 Å². The molecule has 1 aromatic carbocycles. The Balaban J connectivity index is 0.000000785. The number of carboxylic acid groups (broad SMARTS) is 2. The number of aromatic nitrogens is 1. The SMILES string of the molecule is CCCc1c2oc(C(=O)O)cc(=O)c2cc2c(=O)cc(C(=O)O)n(CC)c12.O=[N+]([O-])[O-]. The Labute approximate surface area is 172 Å². The molecule has 2 aromatic heterocycles. The minimum absolute atomic E-state index is 0.0680. The second-order valence-corrected chi connectivity index (χ2v) is 6.32. The summed E-state index contributed by atoms with van der Waals surface area (Å²) in [6, 6.07) is 3.25. The molecule has 0 bridgehead atoms. The number of hydrogen-bond donors (Lipinski definition) is 2. The number of fused-ring (bicyclic) bond motifs is 2. The third-order valence-electron chi connectivity index (χ3n) is 4.43. The van der Waals surface area contributed by atoms with Gasteiger partial charge in [0.15, 0.2) is 10.9 Å². The molecule has 0 saturated heterocycles. The van der Waals surface area contributed by atoms with E-state index >= 15 is 0 Å². The molecular formula is C19H17N2O10-. The molecular weight excluding hydrogens is 416 g/mol. The minimum atomic E-state index is -1.75. The molecule has 12 nitrogen and oxygen atoms in total. The number of aromatic carboxylic acids is 2. The summed E-state index contributed by atoms with van der Waals surface area (Å²) in [6.45, 7) is 3.88. The molecule has 0 amide bonds. The summed E-state index contributed by atoms with van der Waals surface area (Å²) in [4.78, 5) is 56.1. The van der Waals surface area contributed by atoms with E-state index < -0.39 is 33.6 Å². The molecule has 31 heavy (non-hydrogen) atoms. The lowest BCUT2D eigenvalue weighted by Crippen LogP contribution is -2.19. The zero-order chi connectivity index (χ0) is 23.5. The van der Waals surface area contributed by atoms with E-state index in [0.717, 1.165) is 12.1 Å². The Morgan fingerprint density at radius 1 is 1.03 bits per heavy atom. The Kier molecular flexibility index (Phi) is 6.75. The highest BCUT2D eigenvalue weighted by molar-refractivity contribution is 6.01. The zero-order valence-corrected chi connectivity index (χ0v) is 16.4. The molecule has 0 aliphatic heterocycles. The van der Waals surface area contributed by atoms with E-state index in [-0.39, 0.29) is 28.6 Å². The smallest absolute Gasteiger partial charge is 0.371 e. The second-order valence-electron chi connectivity index (χ2n) is 6.32. The second kappa shape index (κ2) is 9.07. The highest BCUT2D eigenvalue weighted by Crippen LogP contribution is 2.28. The van der Waals surface area contributed by atoms with Gasteiger partial charge in [-0.25, -0.2) is 9.59 Å². The highest BCUT2D eigenvalue weighted by Gasteiger charge is 2.21. The number of pyridine rings is 1. The van der Waals surface area contributed by atoms with Gasteiger partial charge in [0.1, 0.15) is 11.3 Å². The number of hydrogen-bond acceptors (Lipinski definition) is 8. The van der Waals surface area contributed by atoms with Gasteiger partial charge in [0.2, 0.25) is 5.76 Å². The fraction of sp³-hybridized carbons (Fsp3) is 0.263. The molecule has 3 rings (SSSR count). The fourth-order valence-electron chi connectivity index (χ4n) is 3.34. The van der Waals surface area contributed by atoms with Crippen LogP contribution in [-0.2, 0) is 13.0 Å². The number of carboxylic acids is 2. The van der Waals surface area contributed by atoms with E-state index in [0.29, 0.717) is 23.9 Å². The van der Waals surface area contributed by atoms with Crippen LogP contribution in [0.4, 0.5) is 0 Å². The predicted molar refractivity (Wildman–Crippen MR) is 108 cm³/mol. The Morgan fingerprint density at radius 2 is 1.61 bits per heavy atom. The number of carbonyl (C=O) groups is 2.